The highest BCUT2D eigenvalue weighted by Crippen LogP contribution is 2.42. The van der Waals surface area contributed by atoms with E-state index in [0.717, 1.165) is 37.7 Å². The topological polar surface area (TPSA) is 26.3 Å². The van der Waals surface area contributed by atoms with E-state index in [4.69, 9.17) is 4.74 Å². The van der Waals surface area contributed by atoms with Crippen LogP contribution in [-0.2, 0) is 9.53 Å². The standard InChI is InChI=1S/C20H30F6O2/c1-3-28-18(27)15-16(2)13-11-9-7-5-4-6-8-10-12-14-17(19(21,22)23)20(24,25)26/h11,13,15,17H,3-10,12,14H2,1-2H3/b13-11+,16-15+. The molecule has 0 heterocycles. The van der Waals surface area contributed by atoms with Gasteiger partial charge in [0.1, 0.15) is 0 Å². The van der Waals surface area contributed by atoms with Crippen LogP contribution in [0.4, 0.5) is 26.3 Å². The van der Waals surface area contributed by atoms with Gasteiger partial charge in [-0.15, -0.1) is 0 Å². The molecular weight excluding hydrogens is 386 g/mol. The summed E-state index contributed by atoms with van der Waals surface area (Å²) in [6, 6.07) is 0. The number of alkyl halides is 6. The lowest BCUT2D eigenvalue weighted by molar-refractivity contribution is -0.285. The molecule has 0 rings (SSSR count). The smallest absolute Gasteiger partial charge is 0.400 e. The lowest BCUT2D eigenvalue weighted by Crippen LogP contribution is -2.36. The predicted molar refractivity (Wildman–Crippen MR) is 96.7 cm³/mol. The Morgan fingerprint density at radius 2 is 1.39 bits per heavy atom. The lowest BCUT2D eigenvalue weighted by Gasteiger charge is -2.22. The molecule has 0 amide bonds. The number of halogens is 6. The fraction of sp³-hybridized carbons (Fsp3) is 0.750. The van der Waals surface area contributed by atoms with Crippen molar-refractivity contribution >= 4 is 5.97 Å². The number of carbonyl (C=O) groups excluding carboxylic acids is 1. The number of carbonyl (C=O) groups is 1. The largest absolute Gasteiger partial charge is 0.463 e. The molecule has 0 fully saturated rings. The predicted octanol–water partition coefficient (Wildman–Crippen LogP) is 7.30. The summed E-state index contributed by atoms with van der Waals surface area (Å²) in [4.78, 5) is 11.2. The molecule has 0 radical (unpaired) electrons. The molecule has 8 heteroatoms. The zero-order valence-electron chi connectivity index (χ0n) is 16.5. The number of allylic oxidation sites excluding steroid dienone is 3. The van der Waals surface area contributed by atoms with Crippen LogP contribution in [0.5, 0.6) is 0 Å². The molecule has 0 aromatic rings. The van der Waals surface area contributed by atoms with E-state index in [1.807, 2.05) is 12.2 Å². The Balaban J connectivity index is 3.78. The van der Waals surface area contributed by atoms with Gasteiger partial charge in [0.15, 0.2) is 5.92 Å². The highest BCUT2D eigenvalue weighted by molar-refractivity contribution is 5.83. The van der Waals surface area contributed by atoms with Gasteiger partial charge in [0.2, 0.25) is 0 Å². The maximum atomic E-state index is 12.4. The van der Waals surface area contributed by atoms with Gasteiger partial charge >= 0.3 is 18.3 Å². The molecule has 0 aromatic heterocycles. The van der Waals surface area contributed by atoms with Crippen LogP contribution in [0.15, 0.2) is 23.8 Å². The van der Waals surface area contributed by atoms with E-state index in [0.29, 0.717) is 19.4 Å². The van der Waals surface area contributed by atoms with Crippen LogP contribution < -0.4 is 0 Å². The number of hydrogen-bond acceptors (Lipinski definition) is 2. The van der Waals surface area contributed by atoms with E-state index in [9.17, 15) is 31.1 Å². The summed E-state index contributed by atoms with van der Waals surface area (Å²) in [5.74, 6) is -3.59. The molecule has 0 N–H and O–H groups in total. The van der Waals surface area contributed by atoms with Crippen LogP contribution in [0.3, 0.4) is 0 Å². The normalized spacial score (nSPS) is 13.5. The van der Waals surface area contributed by atoms with Gasteiger partial charge in [-0.05, 0) is 38.7 Å². The molecule has 0 aromatic carbocycles. The molecule has 0 atom stereocenters. The molecule has 0 saturated carbocycles. The van der Waals surface area contributed by atoms with Crippen molar-refractivity contribution < 1.29 is 35.9 Å². The highest BCUT2D eigenvalue weighted by Gasteiger charge is 2.55. The SMILES string of the molecule is CCOC(=O)/C=C(C)/C=C/CCCCCCCCCC(C(F)(F)F)C(F)(F)F. The van der Waals surface area contributed by atoms with E-state index >= 15 is 0 Å². The van der Waals surface area contributed by atoms with Gasteiger partial charge in [-0.1, -0.05) is 50.7 Å². The molecular formula is C20H30F6O2. The second-order valence-corrected chi connectivity index (χ2v) is 6.73. The van der Waals surface area contributed by atoms with Gasteiger partial charge < -0.3 is 4.74 Å². The van der Waals surface area contributed by atoms with Crippen molar-refractivity contribution in [2.24, 2.45) is 5.92 Å². The van der Waals surface area contributed by atoms with E-state index in [-0.39, 0.29) is 12.4 Å². The van der Waals surface area contributed by atoms with Crippen molar-refractivity contribution in [3.8, 4) is 0 Å². The summed E-state index contributed by atoms with van der Waals surface area (Å²) in [5.41, 5.74) is 0.800. The Kier molecular flexibility index (Phi) is 12.9. The molecule has 0 bridgehead atoms. The molecule has 0 aliphatic heterocycles. The Bertz CT molecular complexity index is 478. The summed E-state index contributed by atoms with van der Waals surface area (Å²) < 4.78 is 79.1. The molecule has 0 saturated heterocycles. The number of hydrogen-bond donors (Lipinski definition) is 0. The molecule has 0 spiro atoms. The van der Waals surface area contributed by atoms with Crippen LogP contribution in [0, 0.1) is 5.92 Å². The van der Waals surface area contributed by atoms with E-state index < -0.39 is 24.7 Å². The third-order valence-corrected chi connectivity index (χ3v) is 4.17. The van der Waals surface area contributed by atoms with Crippen molar-refractivity contribution in [3.05, 3.63) is 23.8 Å². The van der Waals surface area contributed by atoms with Crippen molar-refractivity contribution in [3.63, 3.8) is 0 Å². The van der Waals surface area contributed by atoms with Crippen molar-refractivity contribution in [2.75, 3.05) is 6.61 Å². The van der Waals surface area contributed by atoms with E-state index in [1.165, 1.54) is 6.08 Å². The van der Waals surface area contributed by atoms with Crippen LogP contribution in [0.25, 0.3) is 0 Å². The average molecular weight is 416 g/mol. The first-order valence-electron chi connectivity index (χ1n) is 9.63. The summed E-state index contributed by atoms with van der Waals surface area (Å²) in [5, 5.41) is 0. The van der Waals surface area contributed by atoms with E-state index in [1.54, 1.807) is 13.8 Å². The second-order valence-electron chi connectivity index (χ2n) is 6.73. The van der Waals surface area contributed by atoms with Crippen LogP contribution in [0.2, 0.25) is 0 Å². The first kappa shape index (κ1) is 26.5. The van der Waals surface area contributed by atoms with Crippen LogP contribution in [-0.4, -0.2) is 24.9 Å². The van der Waals surface area contributed by atoms with Gasteiger partial charge in [0, 0.05) is 6.08 Å². The number of esters is 1. The van der Waals surface area contributed by atoms with Gasteiger partial charge in [-0.3, -0.25) is 0 Å². The van der Waals surface area contributed by atoms with Gasteiger partial charge in [0.25, 0.3) is 0 Å². The summed E-state index contributed by atoms with van der Waals surface area (Å²) in [7, 11) is 0. The molecule has 28 heavy (non-hydrogen) atoms. The molecule has 2 nitrogen and oxygen atoms in total. The van der Waals surface area contributed by atoms with Gasteiger partial charge in [0.05, 0.1) is 6.61 Å². The molecule has 0 unspecified atom stereocenters. The fourth-order valence-corrected chi connectivity index (χ4v) is 2.69. The number of unbranched alkanes of at least 4 members (excludes halogenated alkanes) is 7. The molecule has 164 valence electrons. The van der Waals surface area contributed by atoms with Crippen molar-refractivity contribution in [2.45, 2.75) is 84.0 Å². The van der Waals surface area contributed by atoms with Crippen molar-refractivity contribution in [1.82, 2.24) is 0 Å². The Hall–Kier alpha value is -1.47. The third kappa shape index (κ3) is 13.7. The Labute approximate surface area is 163 Å². The number of rotatable bonds is 13. The zero-order chi connectivity index (χ0) is 21.6. The average Bonchev–Trinajstić information content (AvgIpc) is 2.53. The van der Waals surface area contributed by atoms with Gasteiger partial charge in [-0.2, -0.15) is 26.3 Å². The van der Waals surface area contributed by atoms with E-state index in [2.05, 4.69) is 0 Å². The third-order valence-electron chi connectivity index (χ3n) is 4.17. The zero-order valence-corrected chi connectivity index (χ0v) is 16.5. The van der Waals surface area contributed by atoms with Crippen LogP contribution >= 0.6 is 0 Å². The monoisotopic (exact) mass is 416 g/mol. The maximum Gasteiger partial charge on any atom is 0.400 e. The van der Waals surface area contributed by atoms with Gasteiger partial charge in [-0.25, -0.2) is 4.79 Å². The minimum Gasteiger partial charge on any atom is -0.463 e. The number of ether oxygens (including phenoxy) is 1. The fourth-order valence-electron chi connectivity index (χ4n) is 2.69. The quantitative estimate of drug-likeness (QED) is 0.103. The van der Waals surface area contributed by atoms with Crippen molar-refractivity contribution in [1.29, 1.82) is 0 Å². The van der Waals surface area contributed by atoms with Crippen LogP contribution in [0.1, 0.15) is 71.6 Å². The summed E-state index contributed by atoms with van der Waals surface area (Å²) >= 11 is 0. The molecule has 0 aliphatic rings. The summed E-state index contributed by atoms with van der Waals surface area (Å²) in [6.45, 7) is 3.87. The highest BCUT2D eigenvalue weighted by atomic mass is 19.4. The maximum absolute atomic E-state index is 12.4. The summed E-state index contributed by atoms with van der Waals surface area (Å²) in [6.07, 6.45) is -0.767. The first-order valence-corrected chi connectivity index (χ1v) is 9.63. The minimum atomic E-state index is -5.23. The first-order chi connectivity index (χ1) is 13.0. The molecule has 0 aliphatic carbocycles. The Morgan fingerprint density at radius 1 is 0.893 bits per heavy atom. The second kappa shape index (κ2) is 13.7. The minimum absolute atomic E-state index is 0.0709. The Morgan fingerprint density at radius 3 is 1.89 bits per heavy atom. The lowest BCUT2D eigenvalue weighted by atomic mass is 9.99.